The minimum Gasteiger partial charge on any atom is -0.766 e. The number of aromatic carboxylic acids is 1. The van der Waals surface area contributed by atoms with Crippen LogP contribution in [-0.4, -0.2) is 42.0 Å². The topological polar surface area (TPSA) is 205 Å². The third-order valence-electron chi connectivity index (χ3n) is 3.49. The Bertz CT molecular complexity index is 1480. The van der Waals surface area contributed by atoms with Crippen LogP contribution in [0.25, 0.3) is 0 Å². The van der Waals surface area contributed by atoms with Crippen molar-refractivity contribution in [3.05, 3.63) is 83.1 Å². The van der Waals surface area contributed by atoms with E-state index in [1.165, 1.54) is 60.7 Å². The molecule has 0 saturated heterocycles. The Morgan fingerprint density at radius 3 is 1.40 bits per heavy atom. The van der Waals surface area contributed by atoms with Crippen molar-refractivity contribution in [3.63, 3.8) is 0 Å². The van der Waals surface area contributed by atoms with Crippen LogP contribution in [-0.2, 0) is 21.1 Å². The lowest BCUT2D eigenvalue weighted by molar-refractivity contribution is -0.255. The van der Waals surface area contributed by atoms with E-state index in [0.29, 0.717) is 46.2 Å². The molecule has 1 aromatic heterocycles. The third kappa shape index (κ3) is 35.1. The molecule has 270 valence electrons. The second-order valence-electron chi connectivity index (χ2n) is 14.8. The largest absolute Gasteiger partial charge is 0.766 e. The minimum atomic E-state index is -3.64. The molecule has 11 nitrogen and oxygen atoms in total. The number of hydrogen-bond donors (Lipinski definition) is 1. The fraction of sp³-hybridized carbons (Fsp3) is 0.429. The standard InChI is InChI=1S/C8H6O3.C7H7NO3S.C5H4O4S.3C5H12/c9-5-6-2-1-3-7(4-6)8(10)11;8-12(10,11)7-3-1-6(5-9)2-4-7;6-3-4-1-2-5(9-4)10(7)8;3*1-5(2,3)4/h1-5H,(H,10,11);1-5H,(H2,8,10,11);1-3H,(H,7,8);3*1-4H3/p-2. The zero-order chi connectivity index (χ0) is 38.5. The first kappa shape index (κ1) is 48.6. The summed E-state index contributed by atoms with van der Waals surface area (Å²) < 4.78 is 46.2. The van der Waals surface area contributed by atoms with E-state index in [9.17, 15) is 41.5 Å². The quantitative estimate of drug-likeness (QED) is 0.217. The normalized spacial score (nSPS) is 11.3. The van der Waals surface area contributed by atoms with E-state index in [2.05, 4.69) is 87.5 Å². The zero-order valence-corrected chi connectivity index (χ0v) is 31.6. The molecule has 1 heterocycles. The van der Waals surface area contributed by atoms with Gasteiger partial charge in [0.15, 0.2) is 17.1 Å². The molecular formula is C35H51NO10S2-2. The smallest absolute Gasteiger partial charge is 0.238 e. The van der Waals surface area contributed by atoms with Crippen molar-refractivity contribution in [1.82, 2.24) is 0 Å². The Balaban J connectivity index is -0.000000528. The van der Waals surface area contributed by atoms with Crippen LogP contribution in [0.15, 0.2) is 75.1 Å². The molecule has 0 fully saturated rings. The second-order valence-corrected chi connectivity index (χ2v) is 17.2. The van der Waals surface area contributed by atoms with Crippen LogP contribution in [0.1, 0.15) is 125 Å². The summed E-state index contributed by atoms with van der Waals surface area (Å²) in [6, 6.07) is 13.5. The maximum Gasteiger partial charge on any atom is 0.238 e. The Kier molecular flexibility index (Phi) is 23.0. The maximum atomic E-state index is 10.7. The summed E-state index contributed by atoms with van der Waals surface area (Å²) in [6.45, 7) is 26.2. The van der Waals surface area contributed by atoms with E-state index in [0.717, 1.165) is 0 Å². The van der Waals surface area contributed by atoms with E-state index in [1.807, 2.05) is 0 Å². The molecule has 1 unspecified atom stereocenters. The van der Waals surface area contributed by atoms with Crippen molar-refractivity contribution in [1.29, 1.82) is 0 Å². The lowest BCUT2D eigenvalue weighted by Gasteiger charge is -2.05. The number of aldehydes is 3. The first-order chi connectivity index (χ1) is 21.5. The highest BCUT2D eigenvalue weighted by Gasteiger charge is 2.05. The van der Waals surface area contributed by atoms with Gasteiger partial charge in [-0.05, 0) is 52.1 Å². The number of furan rings is 1. The van der Waals surface area contributed by atoms with Gasteiger partial charge in [-0.1, -0.05) is 113 Å². The predicted molar refractivity (Wildman–Crippen MR) is 186 cm³/mol. The molecule has 13 heteroatoms. The average Bonchev–Trinajstić information content (AvgIpc) is 3.41. The molecule has 3 rings (SSSR count). The number of hydrogen-bond acceptors (Lipinski definition) is 10. The number of benzene rings is 2. The van der Waals surface area contributed by atoms with Crippen LogP contribution in [0.3, 0.4) is 0 Å². The van der Waals surface area contributed by atoms with Gasteiger partial charge in [0.2, 0.25) is 10.0 Å². The number of rotatable bonds is 6. The van der Waals surface area contributed by atoms with Crippen LogP contribution >= 0.6 is 0 Å². The fourth-order valence-corrected chi connectivity index (χ4v) is 2.82. The van der Waals surface area contributed by atoms with E-state index in [-0.39, 0.29) is 21.3 Å². The Labute approximate surface area is 288 Å². The maximum absolute atomic E-state index is 10.7. The van der Waals surface area contributed by atoms with Crippen molar-refractivity contribution in [2.75, 3.05) is 0 Å². The predicted octanol–water partition coefficient (Wildman–Crippen LogP) is 6.50. The molecule has 2 N–H and O–H groups in total. The first-order valence-corrected chi connectivity index (χ1v) is 17.1. The van der Waals surface area contributed by atoms with E-state index in [1.54, 1.807) is 0 Å². The van der Waals surface area contributed by atoms with Gasteiger partial charge in [0.25, 0.3) is 0 Å². The summed E-state index contributed by atoms with van der Waals surface area (Å²) in [6.07, 6.45) is 1.66. The summed E-state index contributed by atoms with van der Waals surface area (Å²) in [5.74, 6) is -1.26. The van der Waals surface area contributed by atoms with Gasteiger partial charge in [-0.15, -0.1) is 0 Å². The lowest BCUT2D eigenvalue weighted by Crippen LogP contribution is -2.22. The van der Waals surface area contributed by atoms with Crippen LogP contribution in [0.5, 0.6) is 0 Å². The van der Waals surface area contributed by atoms with Gasteiger partial charge in [-0.2, -0.15) is 0 Å². The van der Waals surface area contributed by atoms with Gasteiger partial charge in [-0.3, -0.25) is 18.6 Å². The number of carbonyl (C=O) groups is 4. The monoisotopic (exact) mass is 709 g/mol. The molecule has 2 aromatic carbocycles. The highest BCUT2D eigenvalue weighted by Crippen LogP contribution is 2.10. The Morgan fingerprint density at radius 1 is 0.708 bits per heavy atom. The number of nitrogens with two attached hydrogens (primary N) is 1. The number of carboxylic acid groups (broad SMARTS) is 1. The molecule has 1 atom stereocenters. The highest BCUT2D eigenvalue weighted by molar-refractivity contribution is 7.89. The Hall–Kier alpha value is -3.78. The number of carbonyl (C=O) groups excluding carboxylic acids is 4. The van der Waals surface area contributed by atoms with E-state index in [4.69, 9.17) is 5.14 Å². The summed E-state index contributed by atoms with van der Waals surface area (Å²) in [7, 11) is -3.64. The fourth-order valence-electron chi connectivity index (χ4n) is 1.96. The van der Waals surface area contributed by atoms with Crippen molar-refractivity contribution in [3.8, 4) is 0 Å². The molecule has 0 saturated carbocycles. The summed E-state index contributed by atoms with van der Waals surface area (Å²) in [4.78, 5) is 40.6. The van der Waals surface area contributed by atoms with Crippen LogP contribution < -0.4 is 10.2 Å². The number of carboxylic acids is 1. The molecule has 0 radical (unpaired) electrons. The van der Waals surface area contributed by atoms with Gasteiger partial charge < -0.3 is 18.9 Å². The van der Waals surface area contributed by atoms with Crippen molar-refractivity contribution in [2.45, 2.75) is 93.1 Å². The molecule has 0 amide bonds. The van der Waals surface area contributed by atoms with Crippen molar-refractivity contribution < 1.29 is 45.9 Å². The molecule has 0 aliphatic carbocycles. The highest BCUT2D eigenvalue weighted by atomic mass is 32.2. The van der Waals surface area contributed by atoms with Crippen molar-refractivity contribution in [2.24, 2.45) is 21.4 Å². The summed E-state index contributed by atoms with van der Waals surface area (Å²) in [5, 5.41) is 14.9. The average molecular weight is 710 g/mol. The van der Waals surface area contributed by atoms with Crippen LogP contribution in [0, 0.1) is 16.2 Å². The summed E-state index contributed by atoms with van der Waals surface area (Å²) >= 11 is -2.39. The second kappa shape index (κ2) is 22.7. The van der Waals surface area contributed by atoms with Gasteiger partial charge in [0.1, 0.15) is 12.6 Å². The summed E-state index contributed by atoms with van der Waals surface area (Å²) in [5.41, 5.74) is 2.28. The Morgan fingerprint density at radius 2 is 1.12 bits per heavy atom. The van der Waals surface area contributed by atoms with Crippen LogP contribution in [0.2, 0.25) is 0 Å². The lowest BCUT2D eigenvalue weighted by atomic mass is 10.0. The molecule has 48 heavy (non-hydrogen) atoms. The van der Waals surface area contributed by atoms with E-state index >= 15 is 0 Å². The number of primary sulfonamides is 1. The molecule has 0 bridgehead atoms. The van der Waals surface area contributed by atoms with Gasteiger partial charge >= 0.3 is 0 Å². The van der Waals surface area contributed by atoms with Gasteiger partial charge in [0.05, 0.1) is 10.9 Å². The van der Waals surface area contributed by atoms with Crippen LogP contribution in [0.4, 0.5) is 0 Å². The molecule has 0 spiro atoms. The SMILES string of the molecule is CC(C)(C)C.CC(C)(C)C.CC(C)(C)C.NS(=O)(=O)c1ccc(C=O)cc1.O=Cc1ccc(S(=O)[O-])o1.O=Cc1cccc(C(=O)[O-])c1. The number of sulfonamides is 1. The third-order valence-corrected chi connectivity index (χ3v) is 4.96. The molecule has 0 aliphatic heterocycles. The first-order valence-electron chi connectivity index (χ1n) is 14.5. The molecule has 0 aliphatic rings. The van der Waals surface area contributed by atoms with Crippen molar-refractivity contribution >= 4 is 45.9 Å². The van der Waals surface area contributed by atoms with Gasteiger partial charge in [0, 0.05) is 22.2 Å². The molecular weight excluding hydrogens is 659 g/mol. The zero-order valence-electron chi connectivity index (χ0n) is 30.0. The van der Waals surface area contributed by atoms with E-state index < -0.39 is 27.1 Å². The minimum absolute atomic E-state index is 0.00750. The molecule has 3 aromatic rings. The van der Waals surface area contributed by atoms with Gasteiger partial charge in [-0.25, -0.2) is 13.6 Å².